The van der Waals surface area contributed by atoms with Crippen molar-refractivity contribution in [3.05, 3.63) is 70.3 Å². The number of hydrogen-bond donors (Lipinski definition) is 1. The van der Waals surface area contributed by atoms with Gasteiger partial charge in [0.1, 0.15) is 5.60 Å². The minimum atomic E-state index is -1.56. The fraction of sp³-hybridized carbons (Fsp3) is 0.250. The molecule has 0 bridgehead atoms. The standard InChI is InChI=1S/C16H16F2O/c1-10-4-7-12(8-5-10)16(3,19)13-9-6-11(2)14(17)15(13)18/h4-9,19H,1-3H3. The van der Waals surface area contributed by atoms with Gasteiger partial charge in [-0.2, -0.15) is 0 Å². The molecule has 0 spiro atoms. The summed E-state index contributed by atoms with van der Waals surface area (Å²) in [4.78, 5) is 0. The molecule has 2 rings (SSSR count). The Kier molecular flexibility index (Phi) is 3.42. The SMILES string of the molecule is Cc1ccc(C(C)(O)c2ccc(C)c(F)c2F)cc1. The monoisotopic (exact) mass is 262 g/mol. The highest BCUT2D eigenvalue weighted by atomic mass is 19.2. The van der Waals surface area contributed by atoms with E-state index < -0.39 is 17.2 Å². The third-order valence-electron chi connectivity index (χ3n) is 3.41. The maximum atomic E-state index is 14.0. The van der Waals surface area contributed by atoms with Gasteiger partial charge in [0, 0.05) is 5.56 Å². The summed E-state index contributed by atoms with van der Waals surface area (Å²) in [7, 11) is 0. The minimum Gasteiger partial charge on any atom is -0.381 e. The van der Waals surface area contributed by atoms with Gasteiger partial charge in [-0.3, -0.25) is 0 Å². The van der Waals surface area contributed by atoms with E-state index in [4.69, 9.17) is 0 Å². The Morgan fingerprint density at radius 1 is 0.895 bits per heavy atom. The maximum Gasteiger partial charge on any atom is 0.165 e. The number of halogens is 2. The fourth-order valence-electron chi connectivity index (χ4n) is 2.06. The Balaban J connectivity index is 2.56. The molecule has 3 heteroatoms. The predicted molar refractivity (Wildman–Crippen MR) is 70.9 cm³/mol. The van der Waals surface area contributed by atoms with E-state index in [1.807, 2.05) is 19.1 Å². The summed E-state index contributed by atoms with van der Waals surface area (Å²) in [5.74, 6) is -1.91. The van der Waals surface area contributed by atoms with Gasteiger partial charge in [-0.25, -0.2) is 8.78 Å². The molecule has 0 amide bonds. The number of benzene rings is 2. The van der Waals surface area contributed by atoms with Crippen LogP contribution in [0, 0.1) is 25.5 Å². The summed E-state index contributed by atoms with van der Waals surface area (Å²) >= 11 is 0. The van der Waals surface area contributed by atoms with Gasteiger partial charge in [0.25, 0.3) is 0 Å². The highest BCUT2D eigenvalue weighted by molar-refractivity contribution is 5.38. The average Bonchev–Trinajstić information content (AvgIpc) is 2.36. The van der Waals surface area contributed by atoms with Gasteiger partial charge in [0.05, 0.1) is 0 Å². The summed E-state index contributed by atoms with van der Waals surface area (Å²) < 4.78 is 27.6. The summed E-state index contributed by atoms with van der Waals surface area (Å²) in [5, 5.41) is 10.5. The highest BCUT2D eigenvalue weighted by Gasteiger charge is 2.30. The van der Waals surface area contributed by atoms with Crippen molar-refractivity contribution < 1.29 is 13.9 Å². The van der Waals surface area contributed by atoms with Crippen molar-refractivity contribution in [2.24, 2.45) is 0 Å². The van der Waals surface area contributed by atoms with E-state index in [1.165, 1.54) is 26.0 Å². The lowest BCUT2D eigenvalue weighted by Gasteiger charge is -2.25. The molecule has 2 aromatic carbocycles. The smallest absolute Gasteiger partial charge is 0.165 e. The lowest BCUT2D eigenvalue weighted by atomic mass is 9.87. The highest BCUT2D eigenvalue weighted by Crippen LogP contribution is 2.32. The van der Waals surface area contributed by atoms with Gasteiger partial charge in [0.2, 0.25) is 0 Å². The van der Waals surface area contributed by atoms with Crippen molar-refractivity contribution in [2.75, 3.05) is 0 Å². The molecular weight excluding hydrogens is 246 g/mol. The molecule has 2 aromatic rings. The molecule has 1 atom stereocenters. The molecule has 100 valence electrons. The normalized spacial score (nSPS) is 14.2. The van der Waals surface area contributed by atoms with E-state index in [-0.39, 0.29) is 11.1 Å². The molecule has 0 fully saturated rings. The van der Waals surface area contributed by atoms with Gasteiger partial charge in [-0.1, -0.05) is 42.0 Å². The van der Waals surface area contributed by atoms with Gasteiger partial charge in [0.15, 0.2) is 11.6 Å². The van der Waals surface area contributed by atoms with Crippen LogP contribution in [0.3, 0.4) is 0 Å². The molecule has 0 saturated heterocycles. The van der Waals surface area contributed by atoms with Crippen LogP contribution in [0.25, 0.3) is 0 Å². The molecular formula is C16H16F2O. The summed E-state index contributed by atoms with van der Waals surface area (Å²) in [5.41, 5.74) is 0.169. The summed E-state index contributed by atoms with van der Waals surface area (Å²) in [6, 6.07) is 9.97. The van der Waals surface area contributed by atoms with Crippen molar-refractivity contribution in [2.45, 2.75) is 26.4 Å². The first kappa shape index (κ1) is 13.7. The molecule has 1 N–H and O–H groups in total. The van der Waals surface area contributed by atoms with Crippen LogP contribution in [0.1, 0.15) is 29.2 Å². The Bertz CT molecular complexity index is 601. The maximum absolute atomic E-state index is 14.0. The Labute approximate surface area is 111 Å². The second kappa shape index (κ2) is 4.74. The third-order valence-corrected chi connectivity index (χ3v) is 3.41. The van der Waals surface area contributed by atoms with Crippen LogP contribution < -0.4 is 0 Å². The van der Waals surface area contributed by atoms with E-state index in [1.54, 1.807) is 12.1 Å². The zero-order chi connectivity index (χ0) is 14.2. The van der Waals surface area contributed by atoms with Gasteiger partial charge >= 0.3 is 0 Å². The Morgan fingerprint density at radius 2 is 1.47 bits per heavy atom. The van der Waals surface area contributed by atoms with Crippen molar-refractivity contribution in [1.82, 2.24) is 0 Å². The van der Waals surface area contributed by atoms with Crippen LogP contribution in [0.4, 0.5) is 8.78 Å². The molecule has 1 unspecified atom stereocenters. The van der Waals surface area contributed by atoms with E-state index in [9.17, 15) is 13.9 Å². The van der Waals surface area contributed by atoms with E-state index >= 15 is 0 Å². The van der Waals surface area contributed by atoms with Crippen molar-refractivity contribution in [1.29, 1.82) is 0 Å². The number of aryl methyl sites for hydroxylation is 2. The zero-order valence-electron chi connectivity index (χ0n) is 11.2. The molecule has 0 aliphatic rings. The molecule has 0 radical (unpaired) electrons. The summed E-state index contributed by atoms with van der Waals surface area (Å²) in [6.45, 7) is 4.87. The fourth-order valence-corrected chi connectivity index (χ4v) is 2.06. The van der Waals surface area contributed by atoms with Crippen LogP contribution in [0.2, 0.25) is 0 Å². The second-order valence-electron chi connectivity index (χ2n) is 5.00. The van der Waals surface area contributed by atoms with E-state index in [0.29, 0.717) is 5.56 Å². The molecule has 19 heavy (non-hydrogen) atoms. The number of aliphatic hydroxyl groups is 1. The molecule has 1 nitrogen and oxygen atoms in total. The quantitative estimate of drug-likeness (QED) is 0.872. The van der Waals surface area contributed by atoms with Crippen LogP contribution in [0.15, 0.2) is 36.4 Å². The molecule has 0 saturated carbocycles. The lowest BCUT2D eigenvalue weighted by molar-refractivity contribution is 0.0969. The first-order valence-electron chi connectivity index (χ1n) is 6.08. The zero-order valence-corrected chi connectivity index (χ0v) is 11.2. The van der Waals surface area contributed by atoms with Gasteiger partial charge in [-0.05, 0) is 31.9 Å². The molecule has 0 aromatic heterocycles. The molecule has 0 heterocycles. The first-order valence-corrected chi connectivity index (χ1v) is 6.08. The predicted octanol–water partition coefficient (Wildman–Crippen LogP) is 3.84. The summed E-state index contributed by atoms with van der Waals surface area (Å²) in [6.07, 6.45) is 0. The Morgan fingerprint density at radius 3 is 2.05 bits per heavy atom. The van der Waals surface area contributed by atoms with Gasteiger partial charge in [-0.15, -0.1) is 0 Å². The van der Waals surface area contributed by atoms with E-state index in [0.717, 1.165) is 5.56 Å². The van der Waals surface area contributed by atoms with Crippen LogP contribution in [0.5, 0.6) is 0 Å². The molecule has 0 aliphatic carbocycles. The second-order valence-corrected chi connectivity index (χ2v) is 5.00. The van der Waals surface area contributed by atoms with Crippen molar-refractivity contribution in [3.63, 3.8) is 0 Å². The van der Waals surface area contributed by atoms with Crippen LogP contribution >= 0.6 is 0 Å². The Hall–Kier alpha value is -1.74. The molecule has 0 aliphatic heterocycles. The topological polar surface area (TPSA) is 20.2 Å². The van der Waals surface area contributed by atoms with Crippen LogP contribution in [-0.4, -0.2) is 5.11 Å². The first-order chi connectivity index (χ1) is 8.84. The van der Waals surface area contributed by atoms with Crippen LogP contribution in [-0.2, 0) is 5.60 Å². The average molecular weight is 262 g/mol. The van der Waals surface area contributed by atoms with Crippen molar-refractivity contribution >= 4 is 0 Å². The number of rotatable bonds is 2. The minimum absolute atomic E-state index is 0.0561. The van der Waals surface area contributed by atoms with Gasteiger partial charge < -0.3 is 5.11 Å². The largest absolute Gasteiger partial charge is 0.381 e. The van der Waals surface area contributed by atoms with Crippen molar-refractivity contribution in [3.8, 4) is 0 Å². The van der Waals surface area contributed by atoms with E-state index in [2.05, 4.69) is 0 Å². The number of hydrogen-bond acceptors (Lipinski definition) is 1. The lowest BCUT2D eigenvalue weighted by Crippen LogP contribution is -2.25. The third kappa shape index (κ3) is 2.38.